The quantitative estimate of drug-likeness (QED) is 0.448. The molecule has 1 unspecified atom stereocenters. The third-order valence-corrected chi connectivity index (χ3v) is 6.61. The summed E-state index contributed by atoms with van der Waals surface area (Å²) in [5.74, 6) is 0.474. The van der Waals surface area contributed by atoms with Gasteiger partial charge in [-0.15, -0.1) is 0 Å². The number of benzene rings is 1. The van der Waals surface area contributed by atoms with E-state index in [9.17, 15) is 8.78 Å². The van der Waals surface area contributed by atoms with Crippen LogP contribution in [0.3, 0.4) is 0 Å². The van der Waals surface area contributed by atoms with E-state index in [1.54, 1.807) is 35.0 Å². The molecule has 1 atom stereocenters. The Morgan fingerprint density at radius 2 is 1.94 bits per heavy atom. The molecule has 1 fully saturated rings. The van der Waals surface area contributed by atoms with Gasteiger partial charge in [0.1, 0.15) is 29.1 Å². The highest BCUT2D eigenvalue weighted by atomic mass is 19.3. The highest BCUT2D eigenvalue weighted by Crippen LogP contribution is 2.39. The second-order valence-electron chi connectivity index (χ2n) is 8.77. The van der Waals surface area contributed by atoms with Crippen molar-refractivity contribution in [1.82, 2.24) is 19.7 Å². The normalized spacial score (nSPS) is 18.0. The smallest absolute Gasteiger partial charge is 0.387 e. The first-order valence-electron chi connectivity index (χ1n) is 11.9. The summed E-state index contributed by atoms with van der Waals surface area (Å²) < 4.78 is 53.9. The zero-order valence-electron chi connectivity index (χ0n) is 19.3. The molecule has 1 N–H and O–H groups in total. The van der Waals surface area contributed by atoms with E-state index in [1.165, 1.54) is 12.1 Å². The van der Waals surface area contributed by atoms with E-state index in [1.807, 2.05) is 12.1 Å². The highest BCUT2D eigenvalue weighted by molar-refractivity contribution is 5.67. The summed E-state index contributed by atoms with van der Waals surface area (Å²) in [6, 6.07) is 11.7. The van der Waals surface area contributed by atoms with Crippen LogP contribution in [0.15, 0.2) is 54.9 Å². The predicted octanol–water partition coefficient (Wildman–Crippen LogP) is 4.21. The summed E-state index contributed by atoms with van der Waals surface area (Å²) in [6.07, 6.45) is 3.19. The lowest BCUT2D eigenvalue weighted by atomic mass is 10.0. The van der Waals surface area contributed by atoms with Gasteiger partial charge in [0.15, 0.2) is 0 Å². The van der Waals surface area contributed by atoms with Gasteiger partial charge in [-0.25, -0.2) is 14.4 Å². The number of nitrogens with one attached hydrogen (secondary N) is 1. The monoisotopic (exact) mass is 495 g/mol. The summed E-state index contributed by atoms with van der Waals surface area (Å²) in [5, 5.41) is 3.31. The maximum atomic E-state index is 15.2. The number of piperazine rings is 1. The van der Waals surface area contributed by atoms with Crippen molar-refractivity contribution in [2.24, 2.45) is 0 Å². The van der Waals surface area contributed by atoms with Gasteiger partial charge in [0, 0.05) is 67.8 Å². The molecule has 0 bridgehead atoms. The molecule has 6 rings (SSSR count). The third kappa shape index (κ3) is 4.16. The first-order chi connectivity index (χ1) is 17.6. The standard InChI is InChI=1S/C26H24F3N5O2/c27-19-13-23-32-20-7-12-35-25(17-3-1-2-4-21(17)36-26(28)29)24(20)34(23)15-18(19)16-5-6-22(31-14-16)33-10-8-30-9-11-33/h1-6,13-15,25-26,30H,7-12H2. The molecule has 1 aromatic carbocycles. The van der Waals surface area contributed by atoms with Crippen LogP contribution in [-0.2, 0) is 11.2 Å². The fourth-order valence-corrected chi connectivity index (χ4v) is 4.92. The minimum Gasteiger partial charge on any atom is -0.434 e. The van der Waals surface area contributed by atoms with Crippen LogP contribution in [-0.4, -0.2) is 53.8 Å². The topological polar surface area (TPSA) is 63.9 Å². The van der Waals surface area contributed by atoms with Gasteiger partial charge < -0.3 is 19.7 Å². The van der Waals surface area contributed by atoms with Crippen LogP contribution in [0.4, 0.5) is 19.0 Å². The van der Waals surface area contributed by atoms with Crippen molar-refractivity contribution in [3.05, 3.63) is 77.6 Å². The fourth-order valence-electron chi connectivity index (χ4n) is 4.92. The first kappa shape index (κ1) is 22.8. The summed E-state index contributed by atoms with van der Waals surface area (Å²) >= 11 is 0. The van der Waals surface area contributed by atoms with Crippen molar-refractivity contribution in [3.8, 4) is 16.9 Å². The maximum absolute atomic E-state index is 15.2. The second kappa shape index (κ2) is 9.44. The van der Waals surface area contributed by atoms with E-state index in [0.29, 0.717) is 41.1 Å². The fraction of sp³-hybridized carbons (Fsp3) is 0.308. The van der Waals surface area contributed by atoms with E-state index < -0.39 is 18.5 Å². The first-order valence-corrected chi connectivity index (χ1v) is 11.9. The van der Waals surface area contributed by atoms with E-state index in [0.717, 1.165) is 37.7 Å². The number of hydrogen-bond donors (Lipinski definition) is 1. The van der Waals surface area contributed by atoms with Gasteiger partial charge in [0.05, 0.1) is 18.0 Å². The van der Waals surface area contributed by atoms with Crippen molar-refractivity contribution >= 4 is 11.5 Å². The van der Waals surface area contributed by atoms with Crippen molar-refractivity contribution in [2.45, 2.75) is 19.1 Å². The number of imidazole rings is 1. The number of aromatic nitrogens is 3. The number of anilines is 1. The zero-order valence-corrected chi connectivity index (χ0v) is 19.3. The Balaban J connectivity index is 1.41. The SMILES string of the molecule is Fc1cc2nc3c(n2cc1-c1ccc(N2CCNCC2)nc1)C(c1ccccc1OC(F)F)OCC3. The summed E-state index contributed by atoms with van der Waals surface area (Å²) in [7, 11) is 0. The minimum atomic E-state index is -2.96. The second-order valence-corrected chi connectivity index (χ2v) is 8.77. The largest absolute Gasteiger partial charge is 0.434 e. The van der Waals surface area contributed by atoms with Gasteiger partial charge in [-0.05, 0) is 18.2 Å². The predicted molar refractivity (Wildman–Crippen MR) is 128 cm³/mol. The summed E-state index contributed by atoms with van der Waals surface area (Å²) in [4.78, 5) is 11.4. The van der Waals surface area contributed by atoms with Crippen LogP contribution in [0.25, 0.3) is 16.8 Å². The molecule has 0 radical (unpaired) electrons. The molecule has 4 aromatic rings. The Labute approximate surface area is 205 Å². The number of fused-ring (bicyclic) bond motifs is 3. The van der Waals surface area contributed by atoms with E-state index in [2.05, 4.69) is 20.2 Å². The van der Waals surface area contributed by atoms with Crippen molar-refractivity contribution in [2.75, 3.05) is 37.7 Å². The van der Waals surface area contributed by atoms with Gasteiger partial charge >= 0.3 is 6.61 Å². The molecule has 2 aliphatic heterocycles. The average Bonchev–Trinajstić information content (AvgIpc) is 3.26. The van der Waals surface area contributed by atoms with Gasteiger partial charge in [0.2, 0.25) is 0 Å². The molecule has 2 aliphatic rings. The Hall–Kier alpha value is -3.63. The van der Waals surface area contributed by atoms with Crippen molar-refractivity contribution in [3.63, 3.8) is 0 Å². The molecule has 10 heteroatoms. The van der Waals surface area contributed by atoms with Crippen LogP contribution >= 0.6 is 0 Å². The van der Waals surface area contributed by atoms with E-state index in [-0.39, 0.29) is 5.75 Å². The molecule has 186 valence electrons. The van der Waals surface area contributed by atoms with Gasteiger partial charge in [-0.3, -0.25) is 4.40 Å². The minimum absolute atomic E-state index is 0.0373. The summed E-state index contributed by atoms with van der Waals surface area (Å²) in [5.41, 5.74) is 3.30. The Morgan fingerprint density at radius 1 is 1.11 bits per heavy atom. The van der Waals surface area contributed by atoms with E-state index >= 15 is 4.39 Å². The van der Waals surface area contributed by atoms with Crippen LogP contribution in [0.2, 0.25) is 0 Å². The highest BCUT2D eigenvalue weighted by Gasteiger charge is 2.31. The molecule has 0 spiro atoms. The number of nitrogens with zero attached hydrogens (tertiary/aromatic N) is 4. The molecular weight excluding hydrogens is 471 g/mol. The van der Waals surface area contributed by atoms with Gasteiger partial charge in [-0.2, -0.15) is 8.78 Å². The zero-order chi connectivity index (χ0) is 24.6. The van der Waals surface area contributed by atoms with Crippen molar-refractivity contribution in [1.29, 1.82) is 0 Å². The lowest BCUT2D eigenvalue weighted by Crippen LogP contribution is -2.43. The van der Waals surface area contributed by atoms with Crippen LogP contribution in [0, 0.1) is 5.82 Å². The number of alkyl halides is 2. The van der Waals surface area contributed by atoms with Crippen LogP contribution in [0.5, 0.6) is 5.75 Å². The Kier molecular flexibility index (Phi) is 5.98. The molecule has 3 aromatic heterocycles. The molecule has 0 saturated carbocycles. The molecule has 36 heavy (non-hydrogen) atoms. The lowest BCUT2D eigenvalue weighted by Gasteiger charge is -2.28. The Bertz CT molecular complexity index is 1390. The van der Waals surface area contributed by atoms with Gasteiger partial charge in [0.25, 0.3) is 0 Å². The average molecular weight is 496 g/mol. The number of para-hydroxylation sites is 1. The molecular formula is C26H24F3N5O2. The molecule has 5 heterocycles. The third-order valence-electron chi connectivity index (χ3n) is 6.61. The summed E-state index contributed by atoms with van der Waals surface area (Å²) in [6.45, 7) is 0.924. The molecule has 0 aliphatic carbocycles. The van der Waals surface area contributed by atoms with E-state index in [4.69, 9.17) is 9.47 Å². The van der Waals surface area contributed by atoms with Crippen LogP contribution in [0.1, 0.15) is 23.1 Å². The van der Waals surface area contributed by atoms with Gasteiger partial charge in [-0.1, -0.05) is 18.2 Å². The van der Waals surface area contributed by atoms with Crippen molar-refractivity contribution < 1.29 is 22.6 Å². The van der Waals surface area contributed by atoms with Crippen LogP contribution < -0.4 is 15.0 Å². The molecule has 1 saturated heterocycles. The number of rotatable bonds is 5. The molecule has 7 nitrogen and oxygen atoms in total. The Morgan fingerprint density at radius 3 is 2.72 bits per heavy atom. The lowest BCUT2D eigenvalue weighted by molar-refractivity contribution is -0.0522. The maximum Gasteiger partial charge on any atom is 0.387 e. The number of hydrogen-bond acceptors (Lipinski definition) is 6. The molecule has 0 amide bonds. The number of halogens is 3. The number of pyridine rings is 2. The number of ether oxygens (including phenoxy) is 2.